The molecule has 0 unspecified atom stereocenters. The highest BCUT2D eigenvalue weighted by Crippen LogP contribution is 2.44. The van der Waals surface area contributed by atoms with Crippen LogP contribution in [0.2, 0.25) is 10.6 Å². The van der Waals surface area contributed by atoms with Crippen LogP contribution in [0, 0.1) is 0 Å². The van der Waals surface area contributed by atoms with Crippen LogP contribution in [0.15, 0.2) is 0 Å². The fourth-order valence-electron chi connectivity index (χ4n) is 0. The summed E-state index contributed by atoms with van der Waals surface area (Å²) < 4.78 is 0. The maximum atomic E-state index is 5.69. The standard InChI is InChI=1S/C6H12B2/c1-5(2,7)6(3,4)8/h1-4H3. The lowest BCUT2D eigenvalue weighted by Gasteiger charge is -2.36. The van der Waals surface area contributed by atoms with Gasteiger partial charge in [-0.1, -0.05) is 38.3 Å². The van der Waals surface area contributed by atoms with Crippen molar-refractivity contribution in [1.82, 2.24) is 0 Å². The molecule has 0 spiro atoms. The molecule has 0 saturated carbocycles. The summed E-state index contributed by atoms with van der Waals surface area (Å²) in [4.78, 5) is 0. The zero-order valence-electron chi connectivity index (χ0n) is 6.15. The molecule has 0 bridgehead atoms. The first kappa shape index (κ1) is 8.13. The Kier molecular flexibility index (Phi) is 1.85. The normalized spacial score (nSPS) is 14.0. The van der Waals surface area contributed by atoms with E-state index in [1.165, 1.54) is 0 Å². The summed E-state index contributed by atoms with van der Waals surface area (Å²) in [7, 11) is 11.4. The lowest BCUT2D eigenvalue weighted by Crippen LogP contribution is -2.19. The van der Waals surface area contributed by atoms with Gasteiger partial charge in [0.15, 0.2) is 0 Å². The second kappa shape index (κ2) is 1.82. The van der Waals surface area contributed by atoms with Gasteiger partial charge in [0.25, 0.3) is 0 Å². The Bertz CT molecular complexity index is 61.5. The van der Waals surface area contributed by atoms with Crippen molar-refractivity contribution in [1.29, 1.82) is 0 Å². The zero-order chi connectivity index (χ0) is 7.00. The van der Waals surface area contributed by atoms with Crippen LogP contribution in [0.4, 0.5) is 0 Å². The van der Waals surface area contributed by atoms with E-state index in [0.29, 0.717) is 0 Å². The van der Waals surface area contributed by atoms with Crippen LogP contribution in [0.3, 0.4) is 0 Å². The quantitative estimate of drug-likeness (QED) is 0.446. The van der Waals surface area contributed by atoms with Crippen LogP contribution in [0.1, 0.15) is 27.7 Å². The maximum absolute atomic E-state index is 5.69. The molecule has 0 aliphatic rings. The Morgan fingerprint density at radius 1 is 0.750 bits per heavy atom. The highest BCUT2D eigenvalue weighted by molar-refractivity contribution is 6.25. The maximum Gasteiger partial charge on any atom is 0.0735 e. The van der Waals surface area contributed by atoms with Crippen LogP contribution in [-0.2, 0) is 0 Å². The summed E-state index contributed by atoms with van der Waals surface area (Å²) >= 11 is 0. The Morgan fingerprint density at radius 2 is 0.875 bits per heavy atom. The van der Waals surface area contributed by atoms with Crippen molar-refractivity contribution >= 4 is 15.7 Å². The minimum Gasteiger partial charge on any atom is -0.0743 e. The fourth-order valence-corrected chi connectivity index (χ4v) is 0. The Hall–Kier alpha value is 0.130. The molecule has 0 atom stereocenters. The minimum absolute atomic E-state index is 0.285. The van der Waals surface area contributed by atoms with Crippen molar-refractivity contribution in [3.05, 3.63) is 0 Å². The average Bonchev–Trinajstić information content (AvgIpc) is 1.25. The molecule has 0 amide bonds. The Morgan fingerprint density at radius 3 is 0.875 bits per heavy atom. The molecule has 0 aromatic carbocycles. The molecule has 0 aromatic rings. The second-order valence-corrected chi connectivity index (χ2v) is 3.44. The molecule has 8 heavy (non-hydrogen) atoms. The predicted octanol–water partition coefficient (Wildman–Crippen LogP) is 1.72. The molecule has 0 rings (SSSR count). The lowest BCUT2D eigenvalue weighted by atomic mass is 9.48. The molecule has 0 heterocycles. The summed E-state index contributed by atoms with van der Waals surface area (Å²) in [5.41, 5.74) is 0. The first-order chi connectivity index (χ1) is 3.25. The topological polar surface area (TPSA) is 0 Å². The first-order valence-corrected chi connectivity index (χ1v) is 2.83. The van der Waals surface area contributed by atoms with Crippen LogP contribution in [-0.4, -0.2) is 15.7 Å². The van der Waals surface area contributed by atoms with Crippen molar-refractivity contribution in [3.63, 3.8) is 0 Å². The van der Waals surface area contributed by atoms with Crippen molar-refractivity contribution in [2.24, 2.45) is 0 Å². The van der Waals surface area contributed by atoms with E-state index in [1.807, 2.05) is 27.7 Å². The molecule has 2 heteroatoms. The highest BCUT2D eigenvalue weighted by Gasteiger charge is 2.25. The van der Waals surface area contributed by atoms with Crippen LogP contribution in [0.25, 0.3) is 0 Å². The van der Waals surface area contributed by atoms with Crippen molar-refractivity contribution in [2.75, 3.05) is 0 Å². The molecular weight excluding hydrogens is 93.7 g/mol. The van der Waals surface area contributed by atoms with Gasteiger partial charge < -0.3 is 0 Å². The minimum atomic E-state index is -0.285. The third-order valence-electron chi connectivity index (χ3n) is 1.66. The third-order valence-corrected chi connectivity index (χ3v) is 1.66. The van der Waals surface area contributed by atoms with E-state index in [-0.39, 0.29) is 10.6 Å². The Labute approximate surface area is 54.9 Å². The summed E-state index contributed by atoms with van der Waals surface area (Å²) in [5.74, 6) is 0. The van der Waals surface area contributed by atoms with E-state index in [9.17, 15) is 0 Å². The van der Waals surface area contributed by atoms with Gasteiger partial charge in [-0.05, 0) is 0 Å². The van der Waals surface area contributed by atoms with Gasteiger partial charge in [-0.2, -0.15) is 0 Å². The van der Waals surface area contributed by atoms with E-state index in [0.717, 1.165) is 0 Å². The fraction of sp³-hybridized carbons (Fsp3) is 1.00. The molecule has 0 aliphatic carbocycles. The van der Waals surface area contributed by atoms with E-state index >= 15 is 0 Å². The first-order valence-electron chi connectivity index (χ1n) is 2.83. The molecule has 0 aromatic heterocycles. The van der Waals surface area contributed by atoms with Crippen LogP contribution in [0.5, 0.6) is 0 Å². The van der Waals surface area contributed by atoms with Gasteiger partial charge in [0.2, 0.25) is 0 Å². The smallest absolute Gasteiger partial charge is 0.0735 e. The van der Waals surface area contributed by atoms with E-state index in [4.69, 9.17) is 15.7 Å². The molecule has 4 radical (unpaired) electrons. The van der Waals surface area contributed by atoms with Gasteiger partial charge >= 0.3 is 0 Å². The van der Waals surface area contributed by atoms with Gasteiger partial charge in [0.05, 0.1) is 15.7 Å². The summed E-state index contributed by atoms with van der Waals surface area (Å²) in [6, 6.07) is 0. The lowest BCUT2D eigenvalue weighted by molar-refractivity contribution is 0.504. The number of hydrogen-bond donors (Lipinski definition) is 0. The van der Waals surface area contributed by atoms with E-state index in [1.54, 1.807) is 0 Å². The third kappa shape index (κ3) is 1.94. The summed E-state index contributed by atoms with van der Waals surface area (Å²) in [6.45, 7) is 7.69. The van der Waals surface area contributed by atoms with Gasteiger partial charge in [0.1, 0.15) is 0 Å². The van der Waals surface area contributed by atoms with Crippen LogP contribution < -0.4 is 0 Å². The molecule has 0 N–H and O–H groups in total. The van der Waals surface area contributed by atoms with Gasteiger partial charge in [-0.15, -0.1) is 0 Å². The average molecular weight is 106 g/mol. The largest absolute Gasteiger partial charge is 0.0743 e. The second-order valence-electron chi connectivity index (χ2n) is 3.44. The van der Waals surface area contributed by atoms with E-state index < -0.39 is 0 Å². The molecule has 42 valence electrons. The Balaban J connectivity index is 4.02. The predicted molar refractivity (Wildman–Crippen MR) is 39.6 cm³/mol. The van der Waals surface area contributed by atoms with Gasteiger partial charge in [-0.25, -0.2) is 0 Å². The molecule has 0 fully saturated rings. The zero-order valence-corrected chi connectivity index (χ0v) is 6.15. The monoisotopic (exact) mass is 106 g/mol. The van der Waals surface area contributed by atoms with Crippen LogP contribution >= 0.6 is 0 Å². The molecular formula is C6H12B2. The number of hydrogen-bond acceptors (Lipinski definition) is 0. The number of rotatable bonds is 1. The van der Waals surface area contributed by atoms with Crippen molar-refractivity contribution in [2.45, 2.75) is 38.3 Å². The van der Waals surface area contributed by atoms with Crippen molar-refractivity contribution in [3.8, 4) is 0 Å². The SMILES string of the molecule is [B]C(C)(C)C([B])(C)C. The molecule has 0 nitrogen and oxygen atoms in total. The highest BCUT2D eigenvalue weighted by atomic mass is 14.2. The summed E-state index contributed by atoms with van der Waals surface area (Å²) in [5, 5.41) is -0.569. The van der Waals surface area contributed by atoms with Gasteiger partial charge in [0, 0.05) is 0 Å². The molecule has 0 aliphatic heterocycles. The van der Waals surface area contributed by atoms with Gasteiger partial charge in [-0.3, -0.25) is 0 Å². The molecule has 0 saturated heterocycles. The summed E-state index contributed by atoms with van der Waals surface area (Å²) in [6.07, 6.45) is 0. The van der Waals surface area contributed by atoms with E-state index in [2.05, 4.69) is 0 Å². The van der Waals surface area contributed by atoms with Crippen molar-refractivity contribution < 1.29 is 0 Å².